The van der Waals surface area contributed by atoms with Gasteiger partial charge < -0.3 is 19.1 Å². The van der Waals surface area contributed by atoms with Gasteiger partial charge in [-0.1, -0.05) is 220 Å². The molecule has 0 unspecified atom stereocenters. The van der Waals surface area contributed by atoms with Crippen molar-refractivity contribution < 1.29 is 28.5 Å². The number of rotatable bonds is 10. The first-order valence-electron chi connectivity index (χ1n) is 29.9. The first kappa shape index (κ1) is 53.1. The van der Waals surface area contributed by atoms with Gasteiger partial charge in [0.05, 0.1) is 0 Å². The summed E-state index contributed by atoms with van der Waals surface area (Å²) in [6.45, 7) is 24.2. The number of fused-ring (bicyclic) bond motifs is 5. The molecule has 6 heteroatoms. The van der Waals surface area contributed by atoms with Crippen LogP contribution in [-0.4, -0.2) is 9.55 Å². The maximum absolute atomic E-state index is 10.0. The molecule has 2 aromatic heterocycles. The number of ether oxygens (including phenoxy) is 1. The fourth-order valence-corrected chi connectivity index (χ4v) is 12.5. The number of para-hydroxylation sites is 3. The number of pyridine rings is 1. The van der Waals surface area contributed by atoms with E-state index in [-0.39, 0.29) is 37.3 Å². The van der Waals surface area contributed by atoms with Gasteiger partial charge in [0.1, 0.15) is 5.82 Å². The summed E-state index contributed by atoms with van der Waals surface area (Å²) in [6.07, 6.45) is 2.31. The molecule has 0 amide bonds. The molecule has 0 bridgehead atoms. The van der Waals surface area contributed by atoms with Crippen LogP contribution < -0.4 is 14.5 Å². The molecule has 2 aliphatic rings. The van der Waals surface area contributed by atoms with Gasteiger partial charge in [0.2, 0.25) is 0 Å². The molecule has 1 aliphatic heterocycles. The number of hydrogen-bond donors (Lipinski definition) is 0. The van der Waals surface area contributed by atoms with Gasteiger partial charge in [0.15, 0.2) is 0 Å². The van der Waals surface area contributed by atoms with Crippen LogP contribution >= 0.6 is 0 Å². The monoisotopic (exact) mass is 1260 g/mol. The molecule has 0 atom stereocenters. The Labute approximate surface area is 508 Å². The Balaban J connectivity index is 0.00000709. The van der Waals surface area contributed by atoms with E-state index in [1.165, 1.54) is 27.8 Å². The Bertz CT molecular complexity index is 4320. The van der Waals surface area contributed by atoms with E-state index in [0.29, 0.717) is 22.9 Å². The average molecular weight is 1270 g/mol. The van der Waals surface area contributed by atoms with E-state index < -0.39 is 11.8 Å². The Morgan fingerprint density at radius 1 is 0.554 bits per heavy atom. The molecule has 13 rings (SSSR count). The van der Waals surface area contributed by atoms with Gasteiger partial charge in [-0.05, 0) is 121 Å². The Morgan fingerprint density at radius 3 is 1.84 bits per heavy atom. The molecule has 1 aliphatic carbocycles. The molecular weight excluding hydrogens is 1190 g/mol. The van der Waals surface area contributed by atoms with Gasteiger partial charge in [-0.15, -0.1) is 48.1 Å². The topological polar surface area (TPSA) is 33.5 Å². The van der Waals surface area contributed by atoms with Crippen molar-refractivity contribution in [2.45, 2.75) is 105 Å². The van der Waals surface area contributed by atoms with Crippen LogP contribution in [0.15, 0.2) is 206 Å². The quantitative estimate of drug-likeness (QED) is 0.128. The van der Waals surface area contributed by atoms with Crippen LogP contribution in [0.1, 0.15) is 107 Å². The second kappa shape index (κ2) is 21.3. The van der Waals surface area contributed by atoms with E-state index in [4.69, 9.17) is 9.72 Å². The van der Waals surface area contributed by atoms with Crippen LogP contribution in [0.3, 0.4) is 0 Å². The Hall–Kier alpha value is -7.98. The third-order valence-electron chi connectivity index (χ3n) is 16.8. The van der Waals surface area contributed by atoms with E-state index in [9.17, 15) is 2.74 Å². The average Bonchev–Trinajstić information content (AvgIpc) is 2.38. The van der Waals surface area contributed by atoms with Gasteiger partial charge in [-0.2, -0.15) is 12.1 Å². The van der Waals surface area contributed by atoms with Crippen LogP contribution in [0.2, 0.25) is 0 Å². The molecule has 9 aromatic carbocycles. The molecule has 0 radical (unpaired) electrons. The van der Waals surface area contributed by atoms with Gasteiger partial charge in [0.25, 0.3) is 0 Å². The normalized spacial score (nSPS) is 15.1. The number of nitrogens with zero attached hydrogens (tertiary/aromatic N) is 4. The molecule has 3 heterocycles. The molecular formula is C77H71N4OPt-3. The molecule has 5 nitrogen and oxygen atoms in total. The van der Waals surface area contributed by atoms with Crippen molar-refractivity contribution in [3.8, 4) is 61.8 Å². The second-order valence-corrected chi connectivity index (χ2v) is 25.7. The zero-order chi connectivity index (χ0) is 58.5. The van der Waals surface area contributed by atoms with Crippen LogP contribution in [-0.2, 0) is 43.7 Å². The van der Waals surface area contributed by atoms with E-state index in [0.717, 1.165) is 90.8 Å². The first-order valence-corrected chi connectivity index (χ1v) is 28.9. The summed E-state index contributed by atoms with van der Waals surface area (Å²) < 4.78 is 29.1. The fourth-order valence-electron chi connectivity index (χ4n) is 12.5. The van der Waals surface area contributed by atoms with E-state index >= 15 is 0 Å². The summed E-state index contributed by atoms with van der Waals surface area (Å²) in [7, 11) is 0. The summed E-state index contributed by atoms with van der Waals surface area (Å²) in [5.41, 5.74) is 17.9. The van der Waals surface area contributed by atoms with Gasteiger partial charge in [-0.25, -0.2) is 4.98 Å². The van der Waals surface area contributed by atoms with Gasteiger partial charge in [-0.3, -0.25) is 0 Å². The molecule has 0 N–H and O–H groups in total. The molecule has 0 saturated carbocycles. The number of hydrogen-bond acceptors (Lipinski definition) is 4. The van der Waals surface area contributed by atoms with Crippen molar-refractivity contribution in [3.63, 3.8) is 0 Å². The summed E-state index contributed by atoms with van der Waals surface area (Å²) in [5.74, 6) is 1.67. The zero-order valence-corrected chi connectivity index (χ0v) is 51.4. The standard InChI is InChI=1S/C77H71N4O.Pt/c1-74(2,3)48-55-44-71(78-49-65(55)63-30-21-31-66-72(63)77(9,10)43-42-76(66,7)8)81-67-41-38-56(75(4,5)6)45-64(67)62-40-39-59(47-70(62)81)82-58-27-19-26-57(46-58)79-50-80(69-33-18-17-32-68(69)79)73-60(53-24-15-12-16-25-53)28-20-29-61(73)54-36-34-52(35-37-54)51-22-13-11-14-23-51;/h11-41,44-45,49-50H,42-43,48H2,1-10H3;/q-3;/i48D2;. The largest absolute Gasteiger partial charge is 0.509 e. The van der Waals surface area contributed by atoms with Crippen LogP contribution in [0.25, 0.3) is 72.1 Å². The van der Waals surface area contributed by atoms with Crippen molar-refractivity contribution in [3.05, 3.63) is 247 Å². The van der Waals surface area contributed by atoms with Crippen LogP contribution in [0, 0.1) is 24.2 Å². The predicted molar refractivity (Wildman–Crippen MR) is 343 cm³/mol. The second-order valence-electron chi connectivity index (χ2n) is 25.7. The summed E-state index contributed by atoms with van der Waals surface area (Å²) in [5, 5.41) is 2.06. The molecule has 0 saturated heterocycles. The van der Waals surface area contributed by atoms with Crippen LogP contribution in [0.4, 0.5) is 22.7 Å². The van der Waals surface area contributed by atoms with E-state index in [2.05, 4.69) is 258 Å². The third-order valence-corrected chi connectivity index (χ3v) is 16.8. The van der Waals surface area contributed by atoms with Gasteiger partial charge in [0, 0.05) is 80.8 Å². The molecule has 0 fully saturated rings. The van der Waals surface area contributed by atoms with Crippen molar-refractivity contribution >= 4 is 44.6 Å². The number of anilines is 4. The Morgan fingerprint density at radius 2 is 1.14 bits per heavy atom. The van der Waals surface area contributed by atoms with E-state index in [1.807, 2.05) is 51.2 Å². The minimum absolute atomic E-state index is 0. The van der Waals surface area contributed by atoms with Crippen molar-refractivity contribution in [1.29, 1.82) is 0 Å². The minimum atomic E-state index is -1.75. The summed E-state index contributed by atoms with van der Waals surface area (Å²) in [6, 6.07) is 78.0. The fraction of sp³-hybridized carbons (Fsp3) is 0.221. The first-order chi connectivity index (χ1) is 40.2. The van der Waals surface area contributed by atoms with Crippen molar-refractivity contribution in [1.82, 2.24) is 9.55 Å². The third kappa shape index (κ3) is 10.4. The molecule has 83 heavy (non-hydrogen) atoms. The Kier molecular flexibility index (Phi) is 13.6. The minimum Gasteiger partial charge on any atom is -0.509 e. The number of aromatic nitrogens is 2. The molecule has 418 valence electrons. The smallest absolute Gasteiger partial charge is 0.135 e. The summed E-state index contributed by atoms with van der Waals surface area (Å²) in [4.78, 5) is 9.86. The predicted octanol–water partition coefficient (Wildman–Crippen LogP) is 20.9. The number of benzene rings is 9. The van der Waals surface area contributed by atoms with Crippen LogP contribution in [0.5, 0.6) is 11.5 Å². The zero-order valence-electron chi connectivity index (χ0n) is 51.1. The molecule has 11 aromatic rings. The van der Waals surface area contributed by atoms with Crippen molar-refractivity contribution in [2.24, 2.45) is 5.41 Å². The SMILES string of the molecule is [2H]C([2H])(c1cc(-n2c3[c-]c(Oc4[c-]c(N5[CH-]N(c6c(-c7ccccc7)cccc6-c6ccc(-c7ccccc7)cc6)c6ccccc65)ccc4)ccc3c3cc(C(C)(C)C)ccc32)ncc1-c1cccc2c1C(C)(C)CCC2(C)C)C(C)(C)C.[Pt]. The molecule has 0 spiro atoms. The van der Waals surface area contributed by atoms with Crippen molar-refractivity contribution in [2.75, 3.05) is 9.80 Å². The maximum atomic E-state index is 10.0. The summed E-state index contributed by atoms with van der Waals surface area (Å²) >= 11 is 0. The van der Waals surface area contributed by atoms with Gasteiger partial charge >= 0.3 is 0 Å². The maximum Gasteiger partial charge on any atom is 0.135 e. The van der Waals surface area contributed by atoms with E-state index in [1.54, 1.807) is 0 Å².